The van der Waals surface area contributed by atoms with Crippen LogP contribution in [0.15, 0.2) is 46.9 Å². The van der Waals surface area contributed by atoms with E-state index in [2.05, 4.69) is 22.9 Å². The smallest absolute Gasteiger partial charge is 0.338 e. The standard InChI is InChI=1S/C24H25BrO5/c1-3-4-8-20-22(21-18(24(27)28-2)7-5-9-19(21)30-20)23(26)16-10-12-17(13-11-16)29-15-6-14-25/h5,7,9-13H,3-4,6,8,14-15H2,1-2H3. The number of methoxy groups -OCH3 is 1. The summed E-state index contributed by atoms with van der Waals surface area (Å²) in [5.41, 5.74) is 1.80. The normalized spacial score (nSPS) is 10.9. The second-order valence-electron chi connectivity index (χ2n) is 6.92. The van der Waals surface area contributed by atoms with Gasteiger partial charge in [0, 0.05) is 22.7 Å². The molecule has 0 atom stereocenters. The monoisotopic (exact) mass is 472 g/mol. The van der Waals surface area contributed by atoms with E-state index in [9.17, 15) is 9.59 Å². The summed E-state index contributed by atoms with van der Waals surface area (Å²) < 4.78 is 16.6. The zero-order chi connectivity index (χ0) is 21.5. The van der Waals surface area contributed by atoms with E-state index < -0.39 is 5.97 Å². The molecule has 6 heteroatoms. The first-order chi connectivity index (χ1) is 14.6. The Bertz CT molecular complexity index is 1020. The van der Waals surface area contributed by atoms with Crippen molar-refractivity contribution in [3.8, 4) is 5.75 Å². The average Bonchev–Trinajstić information content (AvgIpc) is 3.15. The molecule has 0 aliphatic rings. The molecule has 3 rings (SSSR count). The average molecular weight is 473 g/mol. The van der Waals surface area contributed by atoms with Gasteiger partial charge in [-0.15, -0.1) is 0 Å². The molecule has 158 valence electrons. The Balaban J connectivity index is 2.03. The maximum absolute atomic E-state index is 13.5. The van der Waals surface area contributed by atoms with E-state index in [-0.39, 0.29) is 5.78 Å². The molecule has 0 aliphatic carbocycles. The van der Waals surface area contributed by atoms with Crippen molar-refractivity contribution >= 4 is 38.7 Å². The quantitative estimate of drug-likeness (QED) is 0.157. The molecular formula is C24H25BrO5. The van der Waals surface area contributed by atoms with Crippen molar-refractivity contribution in [2.75, 3.05) is 19.0 Å². The molecule has 1 aromatic heterocycles. The number of carbonyl (C=O) groups excluding carboxylic acids is 2. The van der Waals surface area contributed by atoms with Crippen molar-refractivity contribution in [2.45, 2.75) is 32.6 Å². The van der Waals surface area contributed by atoms with Gasteiger partial charge in [0.2, 0.25) is 0 Å². The van der Waals surface area contributed by atoms with Crippen molar-refractivity contribution in [2.24, 2.45) is 0 Å². The first-order valence-corrected chi connectivity index (χ1v) is 11.2. The van der Waals surface area contributed by atoms with Crippen LogP contribution in [0.2, 0.25) is 0 Å². The van der Waals surface area contributed by atoms with Gasteiger partial charge in [-0.1, -0.05) is 35.3 Å². The number of hydrogen-bond donors (Lipinski definition) is 0. The van der Waals surface area contributed by atoms with Gasteiger partial charge in [-0.2, -0.15) is 0 Å². The Kier molecular flexibility index (Phi) is 7.69. The molecule has 0 saturated heterocycles. The fraction of sp³-hybridized carbons (Fsp3) is 0.333. The summed E-state index contributed by atoms with van der Waals surface area (Å²) in [7, 11) is 1.33. The Labute approximate surface area is 184 Å². The second-order valence-corrected chi connectivity index (χ2v) is 7.71. The van der Waals surface area contributed by atoms with Crippen LogP contribution in [0.5, 0.6) is 5.75 Å². The van der Waals surface area contributed by atoms with Crippen LogP contribution in [-0.4, -0.2) is 30.8 Å². The largest absolute Gasteiger partial charge is 0.494 e. The predicted molar refractivity (Wildman–Crippen MR) is 120 cm³/mol. The minimum atomic E-state index is -0.493. The number of alkyl halides is 1. The number of ketones is 1. The molecule has 0 fully saturated rings. The highest BCUT2D eigenvalue weighted by Gasteiger charge is 2.26. The first-order valence-electron chi connectivity index (χ1n) is 10.1. The Morgan fingerprint density at radius 3 is 2.50 bits per heavy atom. The Morgan fingerprint density at radius 2 is 1.83 bits per heavy atom. The summed E-state index contributed by atoms with van der Waals surface area (Å²) in [6, 6.07) is 12.2. The molecule has 2 aromatic carbocycles. The van der Waals surface area contributed by atoms with Crippen LogP contribution in [0, 0.1) is 0 Å². The summed E-state index contributed by atoms with van der Waals surface area (Å²) in [6.07, 6.45) is 3.38. The van der Waals surface area contributed by atoms with Crippen molar-refractivity contribution < 1.29 is 23.5 Å². The molecule has 30 heavy (non-hydrogen) atoms. The molecule has 3 aromatic rings. The van der Waals surface area contributed by atoms with Crippen molar-refractivity contribution in [1.29, 1.82) is 0 Å². The van der Waals surface area contributed by atoms with Crippen LogP contribution < -0.4 is 4.74 Å². The minimum Gasteiger partial charge on any atom is -0.494 e. The number of ether oxygens (including phenoxy) is 2. The highest BCUT2D eigenvalue weighted by molar-refractivity contribution is 9.09. The van der Waals surface area contributed by atoms with Gasteiger partial charge in [-0.05, 0) is 49.2 Å². The van der Waals surface area contributed by atoms with Crippen LogP contribution in [-0.2, 0) is 11.2 Å². The number of carbonyl (C=O) groups is 2. The lowest BCUT2D eigenvalue weighted by Crippen LogP contribution is -2.08. The minimum absolute atomic E-state index is 0.178. The number of aryl methyl sites for hydroxylation is 1. The lowest BCUT2D eigenvalue weighted by Gasteiger charge is -2.08. The van der Waals surface area contributed by atoms with Gasteiger partial charge in [0.1, 0.15) is 17.1 Å². The highest BCUT2D eigenvalue weighted by atomic mass is 79.9. The van der Waals surface area contributed by atoms with E-state index in [4.69, 9.17) is 13.9 Å². The number of benzene rings is 2. The third kappa shape index (κ3) is 4.75. The van der Waals surface area contributed by atoms with Gasteiger partial charge < -0.3 is 13.9 Å². The van der Waals surface area contributed by atoms with E-state index in [0.29, 0.717) is 52.2 Å². The van der Waals surface area contributed by atoms with Crippen LogP contribution >= 0.6 is 15.9 Å². The molecule has 5 nitrogen and oxygen atoms in total. The lowest BCUT2D eigenvalue weighted by atomic mass is 9.96. The molecule has 0 radical (unpaired) electrons. The third-order valence-electron chi connectivity index (χ3n) is 4.84. The van der Waals surface area contributed by atoms with Gasteiger partial charge in [-0.25, -0.2) is 4.79 Å². The number of unbranched alkanes of at least 4 members (excludes halogenated alkanes) is 1. The van der Waals surface area contributed by atoms with Crippen LogP contribution in [0.1, 0.15) is 58.2 Å². The highest BCUT2D eigenvalue weighted by Crippen LogP contribution is 2.32. The van der Waals surface area contributed by atoms with Crippen LogP contribution in [0.25, 0.3) is 11.0 Å². The number of fused-ring (bicyclic) bond motifs is 1. The topological polar surface area (TPSA) is 65.7 Å². The fourth-order valence-electron chi connectivity index (χ4n) is 3.32. The molecule has 0 amide bonds. The third-order valence-corrected chi connectivity index (χ3v) is 5.40. The molecule has 0 bridgehead atoms. The molecule has 0 unspecified atom stereocenters. The van der Waals surface area contributed by atoms with Crippen LogP contribution in [0.3, 0.4) is 0 Å². The molecule has 0 saturated carbocycles. The zero-order valence-corrected chi connectivity index (χ0v) is 18.8. The second kappa shape index (κ2) is 10.4. The van der Waals surface area contributed by atoms with Crippen molar-refractivity contribution in [3.05, 3.63) is 64.9 Å². The van der Waals surface area contributed by atoms with Gasteiger partial charge in [0.05, 0.1) is 24.8 Å². The predicted octanol–water partition coefficient (Wildman–Crippen LogP) is 5.96. The summed E-state index contributed by atoms with van der Waals surface area (Å²) in [5.74, 6) is 0.646. The fourth-order valence-corrected chi connectivity index (χ4v) is 3.55. The Morgan fingerprint density at radius 1 is 1.07 bits per heavy atom. The maximum Gasteiger partial charge on any atom is 0.338 e. The molecule has 0 N–H and O–H groups in total. The summed E-state index contributed by atoms with van der Waals surface area (Å²) in [4.78, 5) is 25.8. The summed E-state index contributed by atoms with van der Waals surface area (Å²) in [6.45, 7) is 2.69. The van der Waals surface area contributed by atoms with E-state index >= 15 is 0 Å². The Hall–Kier alpha value is -2.60. The van der Waals surface area contributed by atoms with Crippen LogP contribution in [0.4, 0.5) is 0 Å². The molecule has 1 heterocycles. The van der Waals surface area contributed by atoms with E-state index in [0.717, 1.165) is 24.6 Å². The van der Waals surface area contributed by atoms with Gasteiger partial charge >= 0.3 is 5.97 Å². The van der Waals surface area contributed by atoms with E-state index in [1.54, 1.807) is 42.5 Å². The first kappa shape index (κ1) is 22.1. The summed E-state index contributed by atoms with van der Waals surface area (Å²) in [5, 5.41) is 1.39. The number of rotatable bonds is 10. The number of halogens is 1. The van der Waals surface area contributed by atoms with Crippen molar-refractivity contribution in [3.63, 3.8) is 0 Å². The molecule has 0 aliphatic heterocycles. The summed E-state index contributed by atoms with van der Waals surface area (Å²) >= 11 is 3.37. The number of furan rings is 1. The van der Waals surface area contributed by atoms with Gasteiger partial charge in [0.25, 0.3) is 0 Å². The van der Waals surface area contributed by atoms with Crippen molar-refractivity contribution in [1.82, 2.24) is 0 Å². The van der Waals surface area contributed by atoms with E-state index in [1.165, 1.54) is 7.11 Å². The van der Waals surface area contributed by atoms with Gasteiger partial charge in [-0.3, -0.25) is 4.79 Å². The molecular weight excluding hydrogens is 448 g/mol. The van der Waals surface area contributed by atoms with E-state index in [1.807, 2.05) is 0 Å². The maximum atomic E-state index is 13.5. The zero-order valence-electron chi connectivity index (χ0n) is 17.2. The lowest BCUT2D eigenvalue weighted by molar-refractivity contribution is 0.0603. The molecule has 0 spiro atoms. The number of hydrogen-bond acceptors (Lipinski definition) is 5. The SMILES string of the molecule is CCCCc1oc2cccc(C(=O)OC)c2c1C(=O)c1ccc(OCCCBr)cc1. The van der Waals surface area contributed by atoms with Gasteiger partial charge in [0.15, 0.2) is 5.78 Å². The number of esters is 1.